The van der Waals surface area contributed by atoms with E-state index in [0.29, 0.717) is 17.4 Å². The van der Waals surface area contributed by atoms with E-state index < -0.39 is 0 Å². The van der Waals surface area contributed by atoms with Gasteiger partial charge in [0.05, 0.1) is 22.6 Å². The van der Waals surface area contributed by atoms with Crippen molar-refractivity contribution in [2.75, 3.05) is 7.05 Å². The average molecular weight is 351 g/mol. The molecule has 0 aliphatic heterocycles. The molecule has 0 radical (unpaired) electrons. The van der Waals surface area contributed by atoms with Crippen molar-refractivity contribution in [2.24, 2.45) is 0 Å². The van der Waals surface area contributed by atoms with Gasteiger partial charge in [0.15, 0.2) is 5.82 Å². The monoisotopic (exact) mass is 351 g/mol. The molecule has 0 unspecified atom stereocenters. The third-order valence-electron chi connectivity index (χ3n) is 3.90. The lowest BCUT2D eigenvalue weighted by molar-refractivity contribution is 0.0773. The predicted octanol–water partition coefficient (Wildman–Crippen LogP) is 2.20. The minimum Gasteiger partial charge on any atom is -0.335 e. The summed E-state index contributed by atoms with van der Waals surface area (Å²) in [5, 5.41) is 0.461. The molecule has 4 aromatic rings. The SMILES string of the molecule is CN(Cc1ccc2nsnc2c1)C(=O)c1nc2ccccc2c(=O)[nH]1. The van der Waals surface area contributed by atoms with Crippen LogP contribution in [0.3, 0.4) is 0 Å². The van der Waals surface area contributed by atoms with Crippen LogP contribution < -0.4 is 5.56 Å². The quantitative estimate of drug-likeness (QED) is 0.611. The molecule has 25 heavy (non-hydrogen) atoms. The Balaban J connectivity index is 1.62. The minimum absolute atomic E-state index is 0.0302. The lowest BCUT2D eigenvalue weighted by Gasteiger charge is -2.16. The Morgan fingerprint density at radius 2 is 1.92 bits per heavy atom. The normalized spacial score (nSPS) is 11.1. The molecule has 0 saturated heterocycles. The molecule has 0 spiro atoms. The number of amides is 1. The number of aromatic amines is 1. The van der Waals surface area contributed by atoms with Crippen LogP contribution in [0.4, 0.5) is 0 Å². The van der Waals surface area contributed by atoms with E-state index in [1.54, 1.807) is 31.3 Å². The average Bonchev–Trinajstić information content (AvgIpc) is 3.08. The summed E-state index contributed by atoms with van der Waals surface area (Å²) in [5.41, 5.74) is 2.75. The van der Waals surface area contributed by atoms with Crippen molar-refractivity contribution >= 4 is 39.6 Å². The molecule has 0 aliphatic carbocycles. The van der Waals surface area contributed by atoms with Gasteiger partial charge in [0.25, 0.3) is 11.5 Å². The second-order valence-electron chi connectivity index (χ2n) is 5.68. The molecule has 1 N–H and O–H groups in total. The van der Waals surface area contributed by atoms with E-state index in [2.05, 4.69) is 18.7 Å². The fraction of sp³-hybridized carbons (Fsp3) is 0.118. The molecule has 8 heteroatoms. The zero-order valence-corrected chi connectivity index (χ0v) is 14.1. The Kier molecular flexibility index (Phi) is 3.73. The van der Waals surface area contributed by atoms with Crippen LogP contribution >= 0.6 is 11.7 Å². The summed E-state index contributed by atoms with van der Waals surface area (Å²) >= 11 is 1.16. The van der Waals surface area contributed by atoms with Crippen LogP contribution in [0, 0.1) is 0 Å². The van der Waals surface area contributed by atoms with Gasteiger partial charge in [0.1, 0.15) is 11.0 Å². The fourth-order valence-corrected chi connectivity index (χ4v) is 3.16. The molecular formula is C17H13N5O2S. The van der Waals surface area contributed by atoms with Crippen molar-refractivity contribution in [3.05, 3.63) is 64.2 Å². The predicted molar refractivity (Wildman–Crippen MR) is 95.6 cm³/mol. The van der Waals surface area contributed by atoms with E-state index >= 15 is 0 Å². The Morgan fingerprint density at radius 1 is 1.12 bits per heavy atom. The Bertz CT molecular complexity index is 1150. The number of H-pyrrole nitrogens is 1. The maximum Gasteiger partial charge on any atom is 0.289 e. The van der Waals surface area contributed by atoms with E-state index in [-0.39, 0.29) is 17.3 Å². The maximum atomic E-state index is 12.6. The first kappa shape index (κ1) is 15.4. The van der Waals surface area contributed by atoms with Gasteiger partial charge in [-0.05, 0) is 29.8 Å². The lowest BCUT2D eigenvalue weighted by Crippen LogP contribution is -2.29. The summed E-state index contributed by atoms with van der Waals surface area (Å²) in [4.78, 5) is 33.1. The second kappa shape index (κ2) is 6.06. The molecule has 2 aromatic heterocycles. The van der Waals surface area contributed by atoms with Gasteiger partial charge in [0, 0.05) is 13.6 Å². The Morgan fingerprint density at radius 3 is 2.80 bits per heavy atom. The molecule has 0 atom stereocenters. The maximum absolute atomic E-state index is 12.6. The van der Waals surface area contributed by atoms with Crippen molar-refractivity contribution in [3.63, 3.8) is 0 Å². The number of carbonyl (C=O) groups excluding carboxylic acids is 1. The number of hydrogen-bond donors (Lipinski definition) is 1. The van der Waals surface area contributed by atoms with Crippen molar-refractivity contribution in [2.45, 2.75) is 6.54 Å². The van der Waals surface area contributed by atoms with Crippen LogP contribution in [-0.4, -0.2) is 36.6 Å². The molecule has 124 valence electrons. The summed E-state index contributed by atoms with van der Waals surface area (Å²) in [7, 11) is 1.67. The molecule has 1 amide bonds. The van der Waals surface area contributed by atoms with E-state index in [1.165, 1.54) is 4.90 Å². The van der Waals surface area contributed by atoms with Crippen LogP contribution in [0.2, 0.25) is 0 Å². The summed E-state index contributed by atoms with van der Waals surface area (Å²) in [5.74, 6) is -0.318. The molecule has 0 fully saturated rings. The Hall–Kier alpha value is -3.13. The second-order valence-corrected chi connectivity index (χ2v) is 6.21. The molecule has 4 rings (SSSR count). The first-order valence-electron chi connectivity index (χ1n) is 7.57. The standard InChI is InChI=1S/C17H13N5O2S/c1-22(9-10-6-7-13-14(8-10)21-25-20-13)17(24)15-18-12-5-3-2-4-11(12)16(23)19-15/h2-8H,9H2,1H3,(H,18,19,23). The van der Waals surface area contributed by atoms with E-state index in [4.69, 9.17) is 0 Å². The smallest absolute Gasteiger partial charge is 0.289 e. The zero-order chi connectivity index (χ0) is 17.4. The first-order valence-corrected chi connectivity index (χ1v) is 8.30. The topological polar surface area (TPSA) is 91.8 Å². The number of rotatable bonds is 3. The van der Waals surface area contributed by atoms with Crippen molar-refractivity contribution in [1.82, 2.24) is 23.6 Å². The van der Waals surface area contributed by atoms with Gasteiger partial charge in [-0.15, -0.1) is 0 Å². The highest BCUT2D eigenvalue weighted by Gasteiger charge is 2.16. The number of benzene rings is 2. The summed E-state index contributed by atoms with van der Waals surface area (Å²) in [6, 6.07) is 12.6. The highest BCUT2D eigenvalue weighted by molar-refractivity contribution is 7.00. The lowest BCUT2D eigenvalue weighted by atomic mass is 10.2. The van der Waals surface area contributed by atoms with E-state index in [1.807, 2.05) is 18.2 Å². The number of aromatic nitrogens is 4. The minimum atomic E-state index is -0.348. The zero-order valence-electron chi connectivity index (χ0n) is 13.3. The number of nitrogens with one attached hydrogen (secondary N) is 1. The van der Waals surface area contributed by atoms with Crippen LogP contribution in [-0.2, 0) is 6.54 Å². The van der Waals surface area contributed by atoms with E-state index in [9.17, 15) is 9.59 Å². The highest BCUT2D eigenvalue weighted by Crippen LogP contribution is 2.15. The summed E-state index contributed by atoms with van der Waals surface area (Å²) in [6.45, 7) is 0.378. The number of nitrogens with zero attached hydrogens (tertiary/aromatic N) is 4. The first-order chi connectivity index (χ1) is 12.1. The fourth-order valence-electron chi connectivity index (χ4n) is 2.64. The molecule has 2 heterocycles. The van der Waals surface area contributed by atoms with Gasteiger partial charge < -0.3 is 9.88 Å². The number of carbonyl (C=O) groups is 1. The molecule has 7 nitrogen and oxygen atoms in total. The largest absolute Gasteiger partial charge is 0.335 e. The van der Waals surface area contributed by atoms with Gasteiger partial charge in [-0.25, -0.2) is 4.98 Å². The third kappa shape index (κ3) is 2.87. The van der Waals surface area contributed by atoms with Crippen molar-refractivity contribution < 1.29 is 4.79 Å². The molecule has 0 saturated carbocycles. The molecular weight excluding hydrogens is 338 g/mol. The van der Waals surface area contributed by atoms with Gasteiger partial charge in [-0.1, -0.05) is 18.2 Å². The van der Waals surface area contributed by atoms with Crippen molar-refractivity contribution in [3.8, 4) is 0 Å². The van der Waals surface area contributed by atoms with Gasteiger partial charge in [-0.3, -0.25) is 9.59 Å². The summed E-state index contributed by atoms with van der Waals surface area (Å²) < 4.78 is 8.36. The van der Waals surface area contributed by atoms with Gasteiger partial charge >= 0.3 is 0 Å². The number of hydrogen-bond acceptors (Lipinski definition) is 6. The highest BCUT2D eigenvalue weighted by atomic mass is 32.1. The van der Waals surface area contributed by atoms with Crippen molar-refractivity contribution in [1.29, 1.82) is 0 Å². The number of para-hydroxylation sites is 1. The van der Waals surface area contributed by atoms with Crippen LogP contribution in [0.5, 0.6) is 0 Å². The molecule has 0 bridgehead atoms. The van der Waals surface area contributed by atoms with Crippen LogP contribution in [0.25, 0.3) is 21.9 Å². The molecule has 0 aliphatic rings. The van der Waals surface area contributed by atoms with Gasteiger partial charge in [0.2, 0.25) is 0 Å². The van der Waals surface area contributed by atoms with Crippen LogP contribution in [0.1, 0.15) is 16.2 Å². The Labute approximate surface area is 146 Å². The summed E-state index contributed by atoms with van der Waals surface area (Å²) in [6.07, 6.45) is 0. The van der Waals surface area contributed by atoms with Gasteiger partial charge in [-0.2, -0.15) is 8.75 Å². The third-order valence-corrected chi connectivity index (χ3v) is 4.46. The van der Waals surface area contributed by atoms with Crippen LogP contribution in [0.15, 0.2) is 47.3 Å². The molecule has 2 aromatic carbocycles. The number of fused-ring (bicyclic) bond motifs is 2. The van der Waals surface area contributed by atoms with E-state index in [0.717, 1.165) is 28.3 Å².